The molecule has 0 unspecified atom stereocenters. The number of nitrogens with one attached hydrogen (secondary N) is 1. The van der Waals surface area contributed by atoms with Crippen molar-refractivity contribution in [1.29, 1.82) is 5.41 Å². The molecule has 64 valence electrons. The number of rotatable bonds is 2. The first-order valence-corrected chi connectivity index (χ1v) is 2.89. The van der Waals surface area contributed by atoms with Crippen LogP contribution in [0.3, 0.4) is 0 Å². The fourth-order valence-electron chi connectivity index (χ4n) is 0.604. The number of hydrogen-bond donors (Lipinski definition) is 3. The first-order valence-electron chi connectivity index (χ1n) is 2.89. The monoisotopic (exact) mass is 170 g/mol. The van der Waals surface area contributed by atoms with E-state index in [9.17, 15) is 4.79 Å². The Morgan fingerprint density at radius 3 is 3.00 bits per heavy atom. The normalized spacial score (nSPS) is 9.33. The lowest BCUT2D eigenvalue weighted by Crippen LogP contribution is -2.23. The Morgan fingerprint density at radius 2 is 2.50 bits per heavy atom. The molecule has 0 radical (unpaired) electrons. The van der Waals surface area contributed by atoms with Crippen molar-refractivity contribution in [2.45, 2.75) is 0 Å². The Kier molecular flexibility index (Phi) is 1.95. The summed E-state index contributed by atoms with van der Waals surface area (Å²) in [4.78, 5) is 13.2. The average molecular weight is 170 g/mol. The third-order valence-electron chi connectivity index (χ3n) is 1.10. The predicted molar refractivity (Wildman–Crippen MR) is 36.4 cm³/mol. The van der Waals surface area contributed by atoms with Crippen molar-refractivity contribution in [3.8, 4) is 5.88 Å². The van der Waals surface area contributed by atoms with E-state index in [1.165, 1.54) is 0 Å². The number of carbonyl (C=O) groups is 1. The molecule has 1 aromatic rings. The van der Waals surface area contributed by atoms with Crippen LogP contribution < -0.4 is 16.1 Å². The maximum absolute atomic E-state index is 9.85. The Balaban J connectivity index is 3.21. The number of ether oxygens (including phenoxy) is 1. The molecule has 12 heavy (non-hydrogen) atoms. The van der Waals surface area contributed by atoms with Crippen LogP contribution in [-0.4, -0.2) is 21.4 Å². The van der Waals surface area contributed by atoms with Crippen LogP contribution in [-0.2, 0) is 4.79 Å². The molecule has 1 aromatic heterocycles. The lowest BCUT2D eigenvalue weighted by molar-refractivity contribution is -0.121. The van der Waals surface area contributed by atoms with Gasteiger partial charge in [0.25, 0.3) is 12.1 Å². The molecule has 0 aromatic carbocycles. The van der Waals surface area contributed by atoms with Gasteiger partial charge in [0, 0.05) is 6.07 Å². The van der Waals surface area contributed by atoms with Crippen LogP contribution in [0.25, 0.3) is 0 Å². The van der Waals surface area contributed by atoms with Gasteiger partial charge in [-0.3, -0.25) is 10.2 Å². The fraction of sp³-hybridized carbons (Fsp3) is 0. The van der Waals surface area contributed by atoms with Crippen molar-refractivity contribution < 1.29 is 14.7 Å². The molecule has 4 N–H and O–H groups in total. The number of anilines is 1. The molecule has 0 aliphatic rings. The van der Waals surface area contributed by atoms with Gasteiger partial charge in [0.15, 0.2) is 0 Å². The maximum atomic E-state index is 9.85. The van der Waals surface area contributed by atoms with Crippen LogP contribution in [0.15, 0.2) is 6.07 Å². The molecular weight excluding hydrogens is 164 g/mol. The van der Waals surface area contributed by atoms with Gasteiger partial charge in [-0.25, -0.2) is 0 Å². The summed E-state index contributed by atoms with van der Waals surface area (Å²) in [5.41, 5.74) is 4.70. The summed E-state index contributed by atoms with van der Waals surface area (Å²) in [5, 5.41) is 15.9. The molecule has 1 heterocycles. The van der Waals surface area contributed by atoms with Gasteiger partial charge in [-0.1, -0.05) is 0 Å². The van der Waals surface area contributed by atoms with E-state index < -0.39 is 5.62 Å². The first-order chi connectivity index (χ1) is 5.65. The zero-order valence-electron chi connectivity index (χ0n) is 5.89. The molecule has 0 amide bonds. The Bertz CT molecular complexity index is 358. The zero-order chi connectivity index (χ0) is 9.14. The topological polar surface area (TPSA) is 114 Å². The average Bonchev–Trinajstić information content (AvgIpc) is 2.01. The van der Waals surface area contributed by atoms with Crippen LogP contribution >= 0.6 is 0 Å². The highest BCUT2D eigenvalue weighted by atomic mass is 16.5. The first kappa shape index (κ1) is 8.05. The molecule has 7 heteroatoms. The number of nitrogen functional groups attached to an aromatic ring is 1. The van der Waals surface area contributed by atoms with Gasteiger partial charge >= 0.3 is 0 Å². The predicted octanol–water partition coefficient (Wildman–Crippen LogP) is -1.28. The van der Waals surface area contributed by atoms with Crippen LogP contribution in [0.2, 0.25) is 0 Å². The summed E-state index contributed by atoms with van der Waals surface area (Å²) in [6.07, 6.45) is 0. The second kappa shape index (κ2) is 2.91. The van der Waals surface area contributed by atoms with E-state index in [0.717, 1.165) is 6.07 Å². The summed E-state index contributed by atoms with van der Waals surface area (Å²) in [6, 6.07) is 1.12. The van der Waals surface area contributed by atoms with Crippen molar-refractivity contribution in [3.05, 3.63) is 11.7 Å². The van der Waals surface area contributed by atoms with E-state index in [1.807, 2.05) is 0 Å². The molecule has 1 rings (SSSR count). The SMILES string of the molecule is N=c1nc(OC=O)cc(N)n1O. The van der Waals surface area contributed by atoms with E-state index in [4.69, 9.17) is 16.4 Å². The highest BCUT2D eigenvalue weighted by Gasteiger charge is 2.01. The van der Waals surface area contributed by atoms with E-state index in [1.54, 1.807) is 0 Å². The molecule has 0 bridgehead atoms. The summed E-state index contributed by atoms with van der Waals surface area (Å²) in [5.74, 6) is -0.260. The molecule has 0 saturated heterocycles. The molecule has 0 saturated carbocycles. The Labute approximate surface area is 66.5 Å². The molecule has 0 atom stereocenters. The second-order valence-corrected chi connectivity index (χ2v) is 1.87. The van der Waals surface area contributed by atoms with E-state index in [2.05, 4.69) is 9.72 Å². The van der Waals surface area contributed by atoms with Crippen LogP contribution in [0, 0.1) is 5.41 Å². The van der Waals surface area contributed by atoms with Crippen LogP contribution in [0.5, 0.6) is 5.88 Å². The largest absolute Gasteiger partial charge is 0.423 e. The van der Waals surface area contributed by atoms with Crippen LogP contribution in [0.4, 0.5) is 5.82 Å². The van der Waals surface area contributed by atoms with Gasteiger partial charge in [0.2, 0.25) is 5.88 Å². The minimum absolute atomic E-state index is 0.127. The summed E-state index contributed by atoms with van der Waals surface area (Å²) in [6.45, 7) is 0.156. The second-order valence-electron chi connectivity index (χ2n) is 1.87. The lowest BCUT2D eigenvalue weighted by atomic mass is 10.6. The zero-order valence-corrected chi connectivity index (χ0v) is 5.89. The highest BCUT2D eigenvalue weighted by molar-refractivity contribution is 5.44. The molecule has 7 nitrogen and oxygen atoms in total. The molecule has 0 fully saturated rings. The van der Waals surface area contributed by atoms with Crippen molar-refractivity contribution in [3.63, 3.8) is 0 Å². The van der Waals surface area contributed by atoms with E-state index >= 15 is 0 Å². The Hall–Kier alpha value is -2.05. The smallest absolute Gasteiger partial charge is 0.299 e. The Morgan fingerprint density at radius 1 is 1.83 bits per heavy atom. The third kappa shape index (κ3) is 1.34. The van der Waals surface area contributed by atoms with Gasteiger partial charge < -0.3 is 15.7 Å². The van der Waals surface area contributed by atoms with Crippen molar-refractivity contribution in [2.24, 2.45) is 0 Å². The highest BCUT2D eigenvalue weighted by Crippen LogP contribution is 2.05. The minimum Gasteiger partial charge on any atom is -0.423 e. The number of aromatic nitrogens is 2. The summed E-state index contributed by atoms with van der Waals surface area (Å²) < 4.78 is 4.67. The van der Waals surface area contributed by atoms with E-state index in [-0.39, 0.29) is 18.2 Å². The molecule has 0 aliphatic carbocycles. The molecule has 0 aliphatic heterocycles. The van der Waals surface area contributed by atoms with Crippen molar-refractivity contribution >= 4 is 12.3 Å². The third-order valence-corrected chi connectivity index (χ3v) is 1.10. The molecule has 0 spiro atoms. The quantitative estimate of drug-likeness (QED) is 0.377. The van der Waals surface area contributed by atoms with Gasteiger partial charge in [0.05, 0.1) is 0 Å². The van der Waals surface area contributed by atoms with E-state index in [0.29, 0.717) is 4.73 Å². The number of carbonyl (C=O) groups excluding carboxylic acids is 1. The van der Waals surface area contributed by atoms with Crippen LogP contribution in [0.1, 0.15) is 0 Å². The van der Waals surface area contributed by atoms with Crippen molar-refractivity contribution in [2.75, 3.05) is 5.73 Å². The van der Waals surface area contributed by atoms with Crippen molar-refractivity contribution in [1.82, 2.24) is 9.71 Å². The lowest BCUT2D eigenvalue weighted by Gasteiger charge is -2.02. The number of nitrogens with two attached hydrogens (primary N) is 1. The number of hydrogen-bond acceptors (Lipinski definition) is 6. The minimum atomic E-state index is -0.508. The van der Waals surface area contributed by atoms with Gasteiger partial charge in [-0.15, -0.1) is 4.73 Å². The summed E-state index contributed by atoms with van der Waals surface area (Å²) in [7, 11) is 0. The maximum Gasteiger partial charge on any atom is 0.299 e. The standard InChI is InChI=1S/C5H6N4O3/c6-3-1-4(12-2-10)8-5(7)9(3)11/h1-2,7,11H,6H2. The molecular formula is C5H6N4O3. The van der Waals surface area contributed by atoms with Gasteiger partial charge in [-0.05, 0) is 0 Å². The number of nitrogens with zero attached hydrogens (tertiary/aromatic N) is 2. The van der Waals surface area contributed by atoms with Gasteiger partial charge in [0.1, 0.15) is 5.82 Å². The fourth-order valence-corrected chi connectivity index (χ4v) is 0.604. The summed E-state index contributed by atoms with van der Waals surface area (Å²) >= 11 is 0. The van der Waals surface area contributed by atoms with Gasteiger partial charge in [-0.2, -0.15) is 4.98 Å².